The maximum Gasteiger partial charge on any atom is 0.159 e. The predicted molar refractivity (Wildman–Crippen MR) is 134 cm³/mol. The van der Waals surface area contributed by atoms with E-state index in [1.807, 2.05) is 36.4 Å². The van der Waals surface area contributed by atoms with Crippen molar-refractivity contribution in [2.24, 2.45) is 0 Å². The number of carbonyl (C=O) groups excluding carboxylic acids is 1. The monoisotopic (exact) mass is 460 g/mol. The van der Waals surface area contributed by atoms with Gasteiger partial charge in [-0.05, 0) is 61.7 Å². The Hall–Kier alpha value is -3.02. The number of nitrogens with zero attached hydrogens (tertiary/aromatic N) is 2. The Balaban J connectivity index is 1.63. The highest BCUT2D eigenvalue weighted by Crippen LogP contribution is 2.35. The van der Waals surface area contributed by atoms with Gasteiger partial charge in [-0.15, -0.1) is 0 Å². The van der Waals surface area contributed by atoms with Crippen LogP contribution in [0.3, 0.4) is 0 Å². The summed E-state index contributed by atoms with van der Waals surface area (Å²) in [6.07, 6.45) is 0. The molecule has 0 amide bonds. The van der Waals surface area contributed by atoms with Crippen LogP contribution in [-0.4, -0.2) is 47.9 Å². The Morgan fingerprint density at radius 2 is 1.68 bits per heavy atom. The lowest BCUT2D eigenvalue weighted by Crippen LogP contribution is -2.56. The summed E-state index contributed by atoms with van der Waals surface area (Å²) in [5.41, 5.74) is 4.17. The van der Waals surface area contributed by atoms with Crippen molar-refractivity contribution in [2.75, 3.05) is 20.2 Å². The molecular formula is C29H33FN2O2. The highest BCUT2D eigenvalue weighted by molar-refractivity contribution is 5.94. The van der Waals surface area contributed by atoms with Gasteiger partial charge < -0.3 is 4.74 Å². The van der Waals surface area contributed by atoms with Crippen molar-refractivity contribution < 1.29 is 13.9 Å². The first-order valence-electron chi connectivity index (χ1n) is 11.8. The van der Waals surface area contributed by atoms with Crippen LogP contribution in [-0.2, 0) is 6.54 Å². The lowest BCUT2D eigenvalue weighted by molar-refractivity contribution is 0.0195. The number of hydrogen-bond acceptors (Lipinski definition) is 4. The maximum absolute atomic E-state index is 13.3. The van der Waals surface area contributed by atoms with Crippen LogP contribution in [0.25, 0.3) is 0 Å². The Bertz CT molecular complexity index is 1110. The Morgan fingerprint density at radius 3 is 2.32 bits per heavy atom. The fourth-order valence-corrected chi connectivity index (χ4v) is 4.92. The van der Waals surface area contributed by atoms with Crippen molar-refractivity contribution in [3.63, 3.8) is 0 Å². The van der Waals surface area contributed by atoms with E-state index in [1.165, 1.54) is 17.7 Å². The third kappa shape index (κ3) is 5.37. The molecule has 1 aliphatic rings. The summed E-state index contributed by atoms with van der Waals surface area (Å²) in [5.74, 6) is 0.700. The summed E-state index contributed by atoms with van der Waals surface area (Å²) in [5, 5.41) is 0. The topological polar surface area (TPSA) is 32.8 Å². The van der Waals surface area contributed by atoms with E-state index in [0.717, 1.165) is 42.1 Å². The molecule has 0 aromatic heterocycles. The van der Waals surface area contributed by atoms with Gasteiger partial charge in [-0.25, -0.2) is 4.39 Å². The standard InChI is InChI=1S/C29H33FN2O2/c1-20-18-32(21(2)17-31(20)19-23-8-14-27(30)15-9-23)29(26-6-5-7-28(16-26)34-4)25-12-10-24(11-13-25)22(3)33/h5-16,20-21,29H,17-19H2,1-4H3/t20-,21+,29?/m1/s1. The number of rotatable bonds is 7. The molecule has 0 radical (unpaired) electrons. The minimum atomic E-state index is -0.202. The van der Waals surface area contributed by atoms with Gasteiger partial charge in [-0.2, -0.15) is 0 Å². The van der Waals surface area contributed by atoms with Crippen LogP contribution in [0.4, 0.5) is 4.39 Å². The van der Waals surface area contributed by atoms with Crippen LogP contribution < -0.4 is 4.74 Å². The van der Waals surface area contributed by atoms with Crippen LogP contribution >= 0.6 is 0 Å². The molecule has 3 aromatic carbocycles. The molecule has 3 atom stereocenters. The molecule has 1 heterocycles. The number of ketones is 1. The average molecular weight is 461 g/mol. The van der Waals surface area contributed by atoms with Gasteiger partial charge in [-0.1, -0.05) is 48.5 Å². The van der Waals surface area contributed by atoms with Gasteiger partial charge >= 0.3 is 0 Å². The molecule has 1 unspecified atom stereocenters. The molecule has 0 saturated carbocycles. The highest BCUT2D eigenvalue weighted by atomic mass is 19.1. The maximum atomic E-state index is 13.3. The van der Waals surface area contributed by atoms with Crippen molar-refractivity contribution in [3.05, 3.63) is 101 Å². The first-order chi connectivity index (χ1) is 16.4. The second-order valence-corrected chi connectivity index (χ2v) is 9.31. The summed E-state index contributed by atoms with van der Waals surface area (Å²) >= 11 is 0. The molecular weight excluding hydrogens is 427 g/mol. The lowest BCUT2D eigenvalue weighted by Gasteiger charge is -2.47. The van der Waals surface area contributed by atoms with Gasteiger partial charge in [0, 0.05) is 37.3 Å². The summed E-state index contributed by atoms with van der Waals surface area (Å²) in [6, 6.07) is 23.7. The first-order valence-corrected chi connectivity index (χ1v) is 11.8. The van der Waals surface area contributed by atoms with Gasteiger partial charge in [0.2, 0.25) is 0 Å². The van der Waals surface area contributed by atoms with Gasteiger partial charge in [0.1, 0.15) is 11.6 Å². The SMILES string of the molecule is COc1cccc(C(c2ccc(C(C)=O)cc2)N2C[C@@H](C)N(Cc3ccc(F)cc3)C[C@@H]2C)c1. The number of piperazine rings is 1. The molecule has 3 aromatic rings. The molecule has 1 saturated heterocycles. The van der Waals surface area contributed by atoms with Crippen LogP contribution in [0.5, 0.6) is 5.75 Å². The molecule has 34 heavy (non-hydrogen) atoms. The van der Waals surface area contributed by atoms with Crippen molar-refractivity contribution in [2.45, 2.75) is 45.4 Å². The number of Topliss-reactive ketones (excluding diaryl/α,β-unsaturated/α-hetero) is 1. The number of carbonyl (C=O) groups is 1. The smallest absolute Gasteiger partial charge is 0.159 e. The van der Waals surface area contributed by atoms with Crippen molar-refractivity contribution in [1.82, 2.24) is 9.80 Å². The molecule has 5 heteroatoms. The fraction of sp³-hybridized carbons (Fsp3) is 0.345. The third-order valence-corrected chi connectivity index (χ3v) is 6.84. The minimum absolute atomic E-state index is 0.0431. The first kappa shape index (κ1) is 24.1. The zero-order valence-corrected chi connectivity index (χ0v) is 20.4. The van der Waals surface area contributed by atoms with E-state index in [4.69, 9.17) is 4.74 Å². The molecule has 4 rings (SSSR count). The zero-order chi connectivity index (χ0) is 24.2. The van der Waals surface area contributed by atoms with E-state index in [9.17, 15) is 9.18 Å². The average Bonchev–Trinajstić information content (AvgIpc) is 2.84. The van der Waals surface area contributed by atoms with E-state index in [1.54, 1.807) is 14.0 Å². The Kier molecular flexibility index (Phi) is 7.44. The molecule has 0 aliphatic carbocycles. The van der Waals surface area contributed by atoms with Crippen LogP contribution in [0, 0.1) is 5.82 Å². The highest BCUT2D eigenvalue weighted by Gasteiger charge is 2.35. The third-order valence-electron chi connectivity index (χ3n) is 6.84. The lowest BCUT2D eigenvalue weighted by atomic mass is 9.92. The molecule has 0 spiro atoms. The minimum Gasteiger partial charge on any atom is -0.497 e. The molecule has 0 bridgehead atoms. The van der Waals surface area contributed by atoms with Gasteiger partial charge in [0.25, 0.3) is 0 Å². The van der Waals surface area contributed by atoms with Crippen molar-refractivity contribution in [3.8, 4) is 5.75 Å². The van der Waals surface area contributed by atoms with Gasteiger partial charge in [0.15, 0.2) is 5.78 Å². The summed E-state index contributed by atoms with van der Waals surface area (Å²) in [6.45, 7) is 8.71. The largest absolute Gasteiger partial charge is 0.497 e. The van der Waals surface area contributed by atoms with E-state index >= 15 is 0 Å². The predicted octanol–water partition coefficient (Wildman–Crippen LogP) is 5.72. The molecule has 0 N–H and O–H groups in total. The Labute approximate surface area is 202 Å². The van der Waals surface area contributed by atoms with Gasteiger partial charge in [0.05, 0.1) is 13.2 Å². The number of hydrogen-bond donors (Lipinski definition) is 0. The second-order valence-electron chi connectivity index (χ2n) is 9.31. The molecule has 178 valence electrons. The normalized spacial score (nSPS) is 20.1. The fourth-order valence-electron chi connectivity index (χ4n) is 4.92. The van der Waals surface area contributed by atoms with E-state index in [0.29, 0.717) is 12.1 Å². The van der Waals surface area contributed by atoms with E-state index in [-0.39, 0.29) is 17.6 Å². The van der Waals surface area contributed by atoms with Gasteiger partial charge in [-0.3, -0.25) is 14.6 Å². The van der Waals surface area contributed by atoms with E-state index in [2.05, 4.69) is 47.9 Å². The molecule has 1 fully saturated rings. The van der Waals surface area contributed by atoms with Crippen LogP contribution in [0.2, 0.25) is 0 Å². The Morgan fingerprint density at radius 1 is 0.971 bits per heavy atom. The molecule has 1 aliphatic heterocycles. The molecule has 4 nitrogen and oxygen atoms in total. The number of methoxy groups -OCH3 is 1. The summed E-state index contributed by atoms with van der Waals surface area (Å²) in [4.78, 5) is 16.8. The van der Waals surface area contributed by atoms with Crippen molar-refractivity contribution in [1.29, 1.82) is 0 Å². The van der Waals surface area contributed by atoms with E-state index < -0.39 is 0 Å². The van der Waals surface area contributed by atoms with Crippen molar-refractivity contribution >= 4 is 5.78 Å². The van der Waals surface area contributed by atoms with Crippen LogP contribution in [0.15, 0.2) is 72.8 Å². The zero-order valence-electron chi connectivity index (χ0n) is 20.4. The number of halogens is 1. The van der Waals surface area contributed by atoms with Crippen LogP contribution in [0.1, 0.15) is 53.9 Å². The quantitative estimate of drug-likeness (QED) is 0.422. The summed E-state index contributed by atoms with van der Waals surface area (Å²) in [7, 11) is 1.69. The second kappa shape index (κ2) is 10.5. The number of ether oxygens (including phenoxy) is 1. The number of benzene rings is 3. The summed E-state index contributed by atoms with van der Waals surface area (Å²) < 4.78 is 18.9.